The molecule has 6 heteroatoms. The quantitative estimate of drug-likeness (QED) is 0.842. The van der Waals surface area contributed by atoms with Gasteiger partial charge in [0, 0.05) is 13.1 Å². The molecule has 0 aliphatic rings. The number of nitrogens with one attached hydrogen (secondary N) is 2. The van der Waals surface area contributed by atoms with E-state index in [4.69, 9.17) is 11.6 Å². The van der Waals surface area contributed by atoms with Crippen LogP contribution in [-0.2, 0) is 16.6 Å². The van der Waals surface area contributed by atoms with Crippen LogP contribution < -0.4 is 10.0 Å². The van der Waals surface area contributed by atoms with E-state index in [0.717, 1.165) is 5.56 Å². The number of halogens is 1. The van der Waals surface area contributed by atoms with Gasteiger partial charge in [0.2, 0.25) is 10.0 Å². The summed E-state index contributed by atoms with van der Waals surface area (Å²) in [5.74, 6) is 0.214. The summed E-state index contributed by atoms with van der Waals surface area (Å²) >= 11 is 6.05. The summed E-state index contributed by atoms with van der Waals surface area (Å²) < 4.78 is 27.5. The van der Waals surface area contributed by atoms with E-state index >= 15 is 0 Å². The third kappa shape index (κ3) is 5.25. The largest absolute Gasteiger partial charge is 0.316 e. The molecule has 21 heavy (non-hydrogen) atoms. The average molecular weight is 333 g/mol. The van der Waals surface area contributed by atoms with E-state index in [1.54, 1.807) is 12.1 Å². The Bertz CT molecular complexity index is 580. The molecular formula is C15H25ClN2O2S. The molecule has 1 unspecified atom stereocenters. The molecule has 0 aliphatic carbocycles. The monoisotopic (exact) mass is 332 g/mol. The lowest BCUT2D eigenvalue weighted by Gasteiger charge is -2.27. The zero-order valence-corrected chi connectivity index (χ0v) is 14.9. The summed E-state index contributed by atoms with van der Waals surface area (Å²) in [6.07, 6.45) is 0. The van der Waals surface area contributed by atoms with Gasteiger partial charge in [0.05, 0.1) is 5.02 Å². The normalized spacial score (nSPS) is 14.2. The van der Waals surface area contributed by atoms with Crippen LogP contribution >= 0.6 is 11.6 Å². The van der Waals surface area contributed by atoms with Gasteiger partial charge in [-0.05, 0) is 36.1 Å². The maximum absolute atomic E-state index is 12.4. The highest BCUT2D eigenvalue weighted by Gasteiger charge is 2.24. The fourth-order valence-electron chi connectivity index (χ4n) is 1.69. The highest BCUT2D eigenvalue weighted by Crippen LogP contribution is 2.26. The van der Waals surface area contributed by atoms with E-state index in [-0.39, 0.29) is 21.3 Å². The molecule has 1 atom stereocenters. The van der Waals surface area contributed by atoms with Crippen LogP contribution in [0.1, 0.15) is 33.3 Å². The lowest BCUT2D eigenvalue weighted by atomic mass is 9.82. The minimum atomic E-state index is -3.60. The molecule has 0 bridgehead atoms. The molecule has 0 aromatic heterocycles. The molecule has 120 valence electrons. The van der Waals surface area contributed by atoms with Crippen molar-refractivity contribution in [2.75, 3.05) is 13.6 Å². The van der Waals surface area contributed by atoms with Gasteiger partial charge >= 0.3 is 0 Å². The Morgan fingerprint density at radius 3 is 2.43 bits per heavy atom. The first kappa shape index (κ1) is 18.4. The summed E-state index contributed by atoms with van der Waals surface area (Å²) in [6, 6.07) is 5.05. The van der Waals surface area contributed by atoms with Crippen molar-refractivity contribution in [3.05, 3.63) is 28.8 Å². The van der Waals surface area contributed by atoms with Crippen LogP contribution in [0.5, 0.6) is 0 Å². The Morgan fingerprint density at radius 1 is 1.29 bits per heavy atom. The molecule has 1 rings (SSSR count). The molecule has 0 aliphatic heterocycles. The highest BCUT2D eigenvalue weighted by molar-refractivity contribution is 7.89. The predicted molar refractivity (Wildman–Crippen MR) is 88.0 cm³/mol. The van der Waals surface area contributed by atoms with Crippen LogP contribution in [0.3, 0.4) is 0 Å². The molecular weight excluding hydrogens is 308 g/mol. The molecule has 2 N–H and O–H groups in total. The van der Waals surface area contributed by atoms with Gasteiger partial charge in [-0.3, -0.25) is 0 Å². The number of hydrogen-bond acceptors (Lipinski definition) is 3. The van der Waals surface area contributed by atoms with Gasteiger partial charge < -0.3 is 5.32 Å². The topological polar surface area (TPSA) is 58.2 Å². The fraction of sp³-hybridized carbons (Fsp3) is 0.600. The number of sulfonamides is 1. The minimum Gasteiger partial charge on any atom is -0.316 e. The van der Waals surface area contributed by atoms with Gasteiger partial charge in [-0.25, -0.2) is 13.1 Å². The van der Waals surface area contributed by atoms with Crippen LogP contribution in [0.15, 0.2) is 23.1 Å². The summed E-state index contributed by atoms with van der Waals surface area (Å²) in [7, 11) is -1.79. The van der Waals surface area contributed by atoms with Crippen molar-refractivity contribution < 1.29 is 8.42 Å². The summed E-state index contributed by atoms with van der Waals surface area (Å²) in [4.78, 5) is 0.137. The lowest BCUT2D eigenvalue weighted by molar-refractivity contribution is 0.263. The second kappa shape index (κ2) is 7.09. The Hall–Kier alpha value is -0.620. The molecule has 0 heterocycles. The summed E-state index contributed by atoms with van der Waals surface area (Å²) in [6.45, 7) is 9.28. The third-order valence-corrected chi connectivity index (χ3v) is 5.63. The van der Waals surface area contributed by atoms with E-state index in [0.29, 0.717) is 13.1 Å². The Kier molecular flexibility index (Phi) is 6.23. The van der Waals surface area contributed by atoms with Crippen LogP contribution in [0.2, 0.25) is 5.02 Å². The van der Waals surface area contributed by atoms with Crippen molar-refractivity contribution in [2.24, 2.45) is 11.3 Å². The van der Waals surface area contributed by atoms with Gasteiger partial charge in [0.1, 0.15) is 4.90 Å². The molecule has 1 aromatic carbocycles. The fourth-order valence-corrected chi connectivity index (χ4v) is 3.36. The maximum atomic E-state index is 12.4. The van der Waals surface area contributed by atoms with Crippen LogP contribution in [-0.4, -0.2) is 22.0 Å². The molecule has 4 nitrogen and oxygen atoms in total. The van der Waals surface area contributed by atoms with Crippen molar-refractivity contribution in [1.29, 1.82) is 0 Å². The number of hydrogen-bond donors (Lipinski definition) is 2. The van der Waals surface area contributed by atoms with Crippen molar-refractivity contribution in [2.45, 2.75) is 39.1 Å². The molecule has 0 fully saturated rings. The van der Waals surface area contributed by atoms with Gasteiger partial charge in [0.25, 0.3) is 0 Å². The summed E-state index contributed by atoms with van der Waals surface area (Å²) in [5, 5.41) is 3.24. The van der Waals surface area contributed by atoms with E-state index < -0.39 is 10.0 Å². The van der Waals surface area contributed by atoms with Gasteiger partial charge in [-0.2, -0.15) is 0 Å². The van der Waals surface area contributed by atoms with E-state index in [1.165, 1.54) is 0 Å². The predicted octanol–water partition coefficient (Wildman–Crippen LogP) is 3.02. The Labute approximate surface area is 133 Å². The molecule has 0 saturated heterocycles. The first-order valence-electron chi connectivity index (χ1n) is 7.00. The van der Waals surface area contributed by atoms with Gasteiger partial charge in [-0.15, -0.1) is 0 Å². The van der Waals surface area contributed by atoms with Gasteiger partial charge in [-0.1, -0.05) is 45.4 Å². The van der Waals surface area contributed by atoms with Crippen molar-refractivity contribution in [3.63, 3.8) is 0 Å². The average Bonchev–Trinajstić information content (AvgIpc) is 2.37. The number of rotatable bonds is 6. The number of benzene rings is 1. The first-order chi connectivity index (χ1) is 9.58. The second-order valence-electron chi connectivity index (χ2n) is 6.41. The highest BCUT2D eigenvalue weighted by atomic mass is 35.5. The standard InChI is InChI=1S/C15H25ClN2O2S/c1-11(15(2,3)4)9-18-21(19,20)14-8-12(10-17-5)6-7-13(14)16/h6-8,11,17-18H,9-10H2,1-5H3. The van der Waals surface area contributed by atoms with Crippen LogP contribution in [0.4, 0.5) is 0 Å². The second-order valence-corrected chi connectivity index (χ2v) is 8.56. The SMILES string of the molecule is CNCc1ccc(Cl)c(S(=O)(=O)NCC(C)C(C)(C)C)c1. The van der Waals surface area contributed by atoms with Crippen LogP contribution in [0, 0.1) is 11.3 Å². The smallest absolute Gasteiger partial charge is 0.242 e. The van der Waals surface area contributed by atoms with Gasteiger partial charge in [0.15, 0.2) is 0 Å². The third-order valence-electron chi connectivity index (χ3n) is 3.72. The van der Waals surface area contributed by atoms with E-state index in [9.17, 15) is 8.42 Å². The molecule has 0 radical (unpaired) electrons. The molecule has 1 aromatic rings. The lowest BCUT2D eigenvalue weighted by Crippen LogP contribution is -2.33. The zero-order valence-electron chi connectivity index (χ0n) is 13.3. The Morgan fingerprint density at radius 2 is 1.90 bits per heavy atom. The Balaban J connectivity index is 2.95. The van der Waals surface area contributed by atoms with Crippen molar-refractivity contribution >= 4 is 21.6 Å². The van der Waals surface area contributed by atoms with E-state index in [2.05, 4.69) is 30.8 Å². The zero-order chi connectivity index (χ0) is 16.3. The van der Waals surface area contributed by atoms with Crippen molar-refractivity contribution in [1.82, 2.24) is 10.0 Å². The minimum absolute atomic E-state index is 0.0420. The molecule has 0 saturated carbocycles. The van der Waals surface area contributed by atoms with E-state index in [1.807, 2.05) is 20.0 Å². The van der Waals surface area contributed by atoms with Crippen molar-refractivity contribution in [3.8, 4) is 0 Å². The summed E-state index contributed by atoms with van der Waals surface area (Å²) in [5.41, 5.74) is 0.923. The maximum Gasteiger partial charge on any atom is 0.242 e. The molecule has 0 spiro atoms. The molecule has 0 amide bonds. The first-order valence-corrected chi connectivity index (χ1v) is 8.86. The van der Waals surface area contributed by atoms with Crippen LogP contribution in [0.25, 0.3) is 0 Å².